The van der Waals surface area contributed by atoms with Crippen LogP contribution in [0.5, 0.6) is 0 Å². The van der Waals surface area contributed by atoms with Gasteiger partial charge in [-0.2, -0.15) is 0 Å². The maximum atomic E-state index is 11.7. The zero-order valence-electron chi connectivity index (χ0n) is 13.9. The average Bonchev–Trinajstić information content (AvgIpc) is 2.53. The zero-order valence-corrected chi connectivity index (χ0v) is 17.3. The van der Waals surface area contributed by atoms with E-state index in [2.05, 4.69) is 6.92 Å². The SMILES string of the molecule is CCCCCCCCCOC(=O)[C@@H](N)C[Se][Se]C[C@H](N)C(=O)O. The molecule has 6 nitrogen and oxygen atoms in total. The molecule has 0 radical (unpaired) electrons. The van der Waals surface area contributed by atoms with Gasteiger partial charge in [0.1, 0.15) is 0 Å². The number of carbonyl (C=O) groups excluding carboxylic acids is 1. The molecule has 8 heteroatoms. The minimum atomic E-state index is -0.971. The summed E-state index contributed by atoms with van der Waals surface area (Å²) >= 11 is 0.332. The Balaban J connectivity index is 3.50. The minimum absolute atomic E-state index is 0.154. The predicted molar refractivity (Wildman–Crippen MR) is 93.7 cm³/mol. The van der Waals surface area contributed by atoms with E-state index in [1.54, 1.807) is 0 Å². The second-order valence-electron chi connectivity index (χ2n) is 5.41. The molecule has 2 atom stereocenters. The van der Waals surface area contributed by atoms with Gasteiger partial charge in [-0.05, 0) is 0 Å². The van der Waals surface area contributed by atoms with Gasteiger partial charge in [-0.15, -0.1) is 0 Å². The Morgan fingerprint density at radius 2 is 1.48 bits per heavy atom. The summed E-state index contributed by atoms with van der Waals surface area (Å²) in [6.45, 7) is 2.65. The summed E-state index contributed by atoms with van der Waals surface area (Å²) in [5.74, 6) is -1.31. The number of nitrogens with two attached hydrogens (primary N) is 2. The topological polar surface area (TPSA) is 116 Å². The molecular weight excluding hydrogens is 430 g/mol. The van der Waals surface area contributed by atoms with Crippen LogP contribution in [0.25, 0.3) is 0 Å². The molecule has 0 aromatic heterocycles. The van der Waals surface area contributed by atoms with E-state index in [0.717, 1.165) is 12.8 Å². The number of rotatable bonds is 15. The van der Waals surface area contributed by atoms with Crippen molar-refractivity contribution in [2.24, 2.45) is 11.5 Å². The monoisotopic (exact) mass is 462 g/mol. The van der Waals surface area contributed by atoms with E-state index in [0.29, 0.717) is 17.2 Å². The van der Waals surface area contributed by atoms with Crippen molar-refractivity contribution in [1.82, 2.24) is 0 Å². The van der Waals surface area contributed by atoms with Crippen molar-refractivity contribution in [1.29, 1.82) is 0 Å². The van der Waals surface area contributed by atoms with Gasteiger partial charge < -0.3 is 0 Å². The third-order valence-electron chi connectivity index (χ3n) is 3.19. The molecule has 0 bridgehead atoms. The maximum absolute atomic E-state index is 11.7. The Morgan fingerprint density at radius 1 is 0.957 bits per heavy atom. The van der Waals surface area contributed by atoms with Crippen LogP contribution in [-0.4, -0.2) is 62.0 Å². The molecule has 0 fully saturated rings. The molecule has 0 aromatic rings. The van der Waals surface area contributed by atoms with E-state index >= 15 is 0 Å². The normalized spacial score (nSPS) is 13.5. The van der Waals surface area contributed by atoms with Gasteiger partial charge >= 0.3 is 143 Å². The van der Waals surface area contributed by atoms with Crippen LogP contribution in [0.15, 0.2) is 0 Å². The summed E-state index contributed by atoms with van der Waals surface area (Å²) < 4.78 is 5.18. The standard InChI is InChI=1S/C15H30N2O4Se2/c1-2-3-4-5-6-7-8-9-21-15(20)13(17)11-23-22-10-12(16)14(18)19/h12-13H,2-11,16-17H2,1H3,(H,18,19)/t12-,13-/m0/s1. The van der Waals surface area contributed by atoms with Gasteiger partial charge in [0.25, 0.3) is 0 Å². The Bertz CT molecular complexity index is 333. The number of hydrogen-bond acceptors (Lipinski definition) is 5. The molecule has 0 aliphatic heterocycles. The summed E-state index contributed by atoms with van der Waals surface area (Å²) in [6.07, 6.45) is 8.27. The Hall–Kier alpha value is -0.101. The number of carbonyl (C=O) groups is 2. The molecule has 0 spiro atoms. The van der Waals surface area contributed by atoms with E-state index < -0.39 is 18.1 Å². The molecule has 0 amide bonds. The molecule has 5 N–H and O–H groups in total. The summed E-state index contributed by atoms with van der Waals surface area (Å²) in [4.78, 5) is 22.3. The van der Waals surface area contributed by atoms with E-state index in [-0.39, 0.29) is 32.2 Å². The fourth-order valence-corrected chi connectivity index (χ4v) is 8.62. The first kappa shape index (κ1) is 22.9. The first-order valence-electron chi connectivity index (χ1n) is 8.14. The fourth-order valence-electron chi connectivity index (χ4n) is 1.72. The van der Waals surface area contributed by atoms with E-state index in [4.69, 9.17) is 21.3 Å². The van der Waals surface area contributed by atoms with Crippen LogP contribution in [-0.2, 0) is 14.3 Å². The Morgan fingerprint density at radius 3 is 2.04 bits per heavy atom. The van der Waals surface area contributed by atoms with Crippen LogP contribution >= 0.6 is 0 Å². The average molecular weight is 460 g/mol. The van der Waals surface area contributed by atoms with Crippen LogP contribution in [0.2, 0.25) is 10.6 Å². The molecule has 136 valence electrons. The van der Waals surface area contributed by atoms with E-state index in [9.17, 15) is 9.59 Å². The van der Waals surface area contributed by atoms with Crippen LogP contribution in [0.1, 0.15) is 51.9 Å². The van der Waals surface area contributed by atoms with Gasteiger partial charge in [0.05, 0.1) is 0 Å². The predicted octanol–water partition coefficient (Wildman–Crippen LogP) is 1.18. The third-order valence-corrected chi connectivity index (χ3v) is 10.4. The molecule has 23 heavy (non-hydrogen) atoms. The molecule has 0 rings (SSSR count). The number of unbranched alkanes of at least 4 members (excludes halogenated alkanes) is 6. The summed E-state index contributed by atoms with van der Waals surface area (Å²) in [5, 5.41) is 9.75. The molecule has 0 saturated carbocycles. The van der Waals surface area contributed by atoms with Gasteiger partial charge in [-0.3, -0.25) is 0 Å². The first-order valence-corrected chi connectivity index (χ1v) is 14.9. The molecule has 0 aliphatic carbocycles. The number of carboxylic acids is 1. The number of aliphatic carboxylic acids is 1. The van der Waals surface area contributed by atoms with Crippen LogP contribution in [0.4, 0.5) is 0 Å². The van der Waals surface area contributed by atoms with Crippen LogP contribution < -0.4 is 11.5 Å². The van der Waals surface area contributed by atoms with Crippen molar-refractivity contribution in [3.63, 3.8) is 0 Å². The van der Waals surface area contributed by atoms with Gasteiger partial charge in [0, 0.05) is 0 Å². The summed E-state index contributed by atoms with van der Waals surface area (Å²) in [7, 11) is 0. The Labute approximate surface area is 150 Å². The van der Waals surface area contributed by atoms with Gasteiger partial charge in [0.15, 0.2) is 0 Å². The van der Waals surface area contributed by atoms with Crippen LogP contribution in [0.3, 0.4) is 0 Å². The fraction of sp³-hybridized carbons (Fsp3) is 0.867. The summed E-state index contributed by atoms with van der Waals surface area (Å²) in [6, 6.07) is -1.38. The molecular formula is C15H30N2O4Se2. The van der Waals surface area contributed by atoms with Crippen molar-refractivity contribution in [3.8, 4) is 0 Å². The molecule has 0 saturated heterocycles. The first-order chi connectivity index (χ1) is 11.0. The molecule has 0 aromatic carbocycles. The van der Waals surface area contributed by atoms with E-state index in [1.165, 1.54) is 32.1 Å². The van der Waals surface area contributed by atoms with Crippen molar-refractivity contribution in [2.45, 2.75) is 74.6 Å². The van der Waals surface area contributed by atoms with Gasteiger partial charge in [0.2, 0.25) is 0 Å². The second kappa shape index (κ2) is 15.4. The quantitative estimate of drug-likeness (QED) is 0.192. The number of ether oxygens (including phenoxy) is 1. The van der Waals surface area contributed by atoms with Crippen LogP contribution in [0, 0.1) is 0 Å². The van der Waals surface area contributed by atoms with Crippen molar-refractivity contribution in [2.75, 3.05) is 6.61 Å². The second-order valence-corrected chi connectivity index (χ2v) is 12.9. The molecule has 0 aliphatic rings. The van der Waals surface area contributed by atoms with E-state index in [1.807, 2.05) is 0 Å². The van der Waals surface area contributed by atoms with Crippen molar-refractivity contribution < 1.29 is 19.4 Å². The molecule has 0 heterocycles. The number of carboxylic acid groups (broad SMARTS) is 1. The summed E-state index contributed by atoms with van der Waals surface area (Å²) in [5.41, 5.74) is 11.2. The number of hydrogen-bond donors (Lipinski definition) is 3. The van der Waals surface area contributed by atoms with Gasteiger partial charge in [-0.1, -0.05) is 6.92 Å². The molecule has 0 unspecified atom stereocenters. The third kappa shape index (κ3) is 14.0. The van der Waals surface area contributed by atoms with Gasteiger partial charge in [-0.25, -0.2) is 0 Å². The van der Waals surface area contributed by atoms with Crippen molar-refractivity contribution in [3.05, 3.63) is 0 Å². The Kier molecular flexibility index (Phi) is 15.4. The van der Waals surface area contributed by atoms with Crippen molar-refractivity contribution >= 4 is 38.2 Å². The zero-order chi connectivity index (χ0) is 17.5. The number of esters is 1.